The lowest BCUT2D eigenvalue weighted by atomic mass is 9.95. The van der Waals surface area contributed by atoms with Gasteiger partial charge in [-0.05, 0) is 37.1 Å². The van der Waals surface area contributed by atoms with Crippen LogP contribution in [0.1, 0.15) is 24.4 Å². The van der Waals surface area contributed by atoms with Crippen LogP contribution in [0, 0.1) is 5.92 Å². The van der Waals surface area contributed by atoms with Gasteiger partial charge in [0.15, 0.2) is 5.65 Å². The standard InChI is InChI=1S/C20H22F3N7O3/c1-28(12-17(31)24-11-14-3-2-10-33-14)18(32)13-6-8-29(9-7-13)16-5-4-15-25-26-19(20(21,22)23)30(15)27-16/h2-5,10,13H,6-9,11-12H2,1H3,(H,24,31). The number of piperidine rings is 1. The molecule has 4 rings (SSSR count). The summed E-state index contributed by atoms with van der Waals surface area (Å²) in [5, 5.41) is 13.4. The highest BCUT2D eigenvalue weighted by Gasteiger charge is 2.38. The highest BCUT2D eigenvalue weighted by Crippen LogP contribution is 2.29. The highest BCUT2D eigenvalue weighted by molar-refractivity contribution is 5.85. The van der Waals surface area contributed by atoms with Crippen LogP contribution in [0.15, 0.2) is 34.9 Å². The Hall–Kier alpha value is -3.64. The average molecular weight is 465 g/mol. The van der Waals surface area contributed by atoms with Crippen LogP contribution in [0.4, 0.5) is 19.0 Å². The lowest BCUT2D eigenvalue weighted by Gasteiger charge is -2.33. The lowest BCUT2D eigenvalue weighted by Crippen LogP contribution is -2.44. The van der Waals surface area contributed by atoms with Gasteiger partial charge in [-0.3, -0.25) is 9.59 Å². The molecular formula is C20H22F3N7O3. The molecule has 0 aromatic carbocycles. The number of nitrogens with one attached hydrogen (secondary N) is 1. The van der Waals surface area contributed by atoms with Gasteiger partial charge in [0, 0.05) is 26.1 Å². The van der Waals surface area contributed by atoms with Crippen molar-refractivity contribution in [3.63, 3.8) is 0 Å². The van der Waals surface area contributed by atoms with Crippen LogP contribution < -0.4 is 10.2 Å². The van der Waals surface area contributed by atoms with E-state index in [9.17, 15) is 22.8 Å². The molecule has 0 bridgehead atoms. The van der Waals surface area contributed by atoms with Crippen LogP contribution in [0.2, 0.25) is 0 Å². The highest BCUT2D eigenvalue weighted by atomic mass is 19.4. The largest absolute Gasteiger partial charge is 0.467 e. The third kappa shape index (κ3) is 5.07. The molecule has 3 aromatic heterocycles. The Labute approximate surface area is 186 Å². The fourth-order valence-corrected chi connectivity index (χ4v) is 3.74. The molecule has 1 fully saturated rings. The molecular weight excluding hydrogens is 443 g/mol. The van der Waals surface area contributed by atoms with Crippen LogP contribution in [-0.2, 0) is 22.3 Å². The number of carbonyl (C=O) groups excluding carboxylic acids is 2. The summed E-state index contributed by atoms with van der Waals surface area (Å²) in [6.45, 7) is 1.05. The molecule has 4 heterocycles. The molecule has 0 saturated carbocycles. The van der Waals surface area contributed by atoms with Crippen LogP contribution in [-0.4, -0.2) is 63.2 Å². The van der Waals surface area contributed by atoms with E-state index in [-0.39, 0.29) is 36.5 Å². The van der Waals surface area contributed by atoms with E-state index < -0.39 is 12.0 Å². The van der Waals surface area contributed by atoms with Gasteiger partial charge in [-0.15, -0.1) is 15.3 Å². The minimum absolute atomic E-state index is 0.00286. The first-order chi connectivity index (χ1) is 15.7. The number of alkyl halides is 3. The molecule has 1 aliphatic heterocycles. The van der Waals surface area contributed by atoms with Crippen molar-refractivity contribution in [2.24, 2.45) is 5.92 Å². The molecule has 0 radical (unpaired) electrons. The number of nitrogens with zero attached hydrogens (tertiary/aromatic N) is 6. The van der Waals surface area contributed by atoms with Gasteiger partial charge in [0.1, 0.15) is 11.6 Å². The molecule has 0 aliphatic carbocycles. The van der Waals surface area contributed by atoms with E-state index in [0.29, 0.717) is 42.0 Å². The van der Waals surface area contributed by atoms with E-state index in [1.807, 2.05) is 4.90 Å². The normalized spacial score (nSPS) is 15.1. The van der Waals surface area contributed by atoms with Crippen LogP contribution >= 0.6 is 0 Å². The predicted octanol–water partition coefficient (Wildman–Crippen LogP) is 1.73. The number of amides is 2. The summed E-state index contributed by atoms with van der Waals surface area (Å²) in [5.74, 6) is -0.949. The van der Waals surface area contributed by atoms with E-state index in [2.05, 4.69) is 20.6 Å². The zero-order valence-electron chi connectivity index (χ0n) is 17.7. The van der Waals surface area contributed by atoms with Gasteiger partial charge in [0.25, 0.3) is 5.82 Å². The quantitative estimate of drug-likeness (QED) is 0.591. The number of fused-ring (bicyclic) bond motifs is 1. The molecule has 2 amide bonds. The molecule has 176 valence electrons. The molecule has 10 nitrogen and oxygen atoms in total. The SMILES string of the molecule is CN(CC(=O)NCc1ccco1)C(=O)C1CCN(c2ccc3nnc(C(F)(F)F)n3n2)CC1. The second-order valence-corrected chi connectivity index (χ2v) is 7.79. The van der Waals surface area contributed by atoms with Crippen molar-refractivity contribution >= 4 is 23.3 Å². The number of halogens is 3. The maximum atomic E-state index is 13.1. The Bertz CT molecular complexity index is 1120. The number of hydrogen-bond acceptors (Lipinski definition) is 7. The van der Waals surface area contributed by atoms with Crippen molar-refractivity contribution < 1.29 is 27.2 Å². The van der Waals surface area contributed by atoms with Crippen molar-refractivity contribution in [1.82, 2.24) is 30.0 Å². The van der Waals surface area contributed by atoms with Crippen molar-refractivity contribution in [2.45, 2.75) is 25.6 Å². The Balaban J connectivity index is 1.31. The third-order valence-electron chi connectivity index (χ3n) is 5.47. The van der Waals surface area contributed by atoms with E-state index in [0.717, 1.165) is 0 Å². The maximum Gasteiger partial charge on any atom is 0.453 e. The molecule has 1 saturated heterocycles. The Kier molecular flexibility index (Phi) is 6.20. The molecule has 33 heavy (non-hydrogen) atoms. The minimum atomic E-state index is -4.67. The molecule has 3 aromatic rings. The first kappa shape index (κ1) is 22.6. The number of aromatic nitrogens is 4. The monoisotopic (exact) mass is 465 g/mol. The molecule has 0 atom stereocenters. The maximum absolute atomic E-state index is 13.1. The molecule has 1 aliphatic rings. The number of likely N-dealkylation sites (N-methyl/N-ethyl adjacent to an activating group) is 1. The Morgan fingerprint density at radius 3 is 2.64 bits per heavy atom. The van der Waals surface area contributed by atoms with Gasteiger partial charge >= 0.3 is 6.18 Å². The summed E-state index contributed by atoms with van der Waals surface area (Å²) < 4.78 is 45.1. The number of hydrogen-bond donors (Lipinski definition) is 1. The zero-order valence-corrected chi connectivity index (χ0v) is 17.7. The summed E-state index contributed by atoms with van der Waals surface area (Å²) in [4.78, 5) is 28.1. The van der Waals surface area contributed by atoms with Gasteiger partial charge in [-0.1, -0.05) is 0 Å². The molecule has 0 spiro atoms. The van der Waals surface area contributed by atoms with Gasteiger partial charge in [0.05, 0.1) is 19.4 Å². The predicted molar refractivity (Wildman–Crippen MR) is 109 cm³/mol. The van der Waals surface area contributed by atoms with Crippen LogP contribution in [0.3, 0.4) is 0 Å². The third-order valence-corrected chi connectivity index (χ3v) is 5.47. The fourth-order valence-electron chi connectivity index (χ4n) is 3.74. The fraction of sp³-hybridized carbons (Fsp3) is 0.450. The number of anilines is 1. The van der Waals surface area contributed by atoms with E-state index in [1.54, 1.807) is 25.2 Å². The number of rotatable bonds is 6. The summed E-state index contributed by atoms with van der Waals surface area (Å²) >= 11 is 0. The molecule has 13 heteroatoms. The Morgan fingerprint density at radius 1 is 1.21 bits per heavy atom. The smallest absolute Gasteiger partial charge is 0.453 e. The Morgan fingerprint density at radius 2 is 1.97 bits per heavy atom. The van der Waals surface area contributed by atoms with Gasteiger partial charge in [-0.25, -0.2) is 0 Å². The van der Waals surface area contributed by atoms with Crippen molar-refractivity contribution in [3.05, 3.63) is 42.1 Å². The van der Waals surface area contributed by atoms with E-state index in [1.165, 1.54) is 17.2 Å². The van der Waals surface area contributed by atoms with Gasteiger partial charge in [-0.2, -0.15) is 17.7 Å². The summed E-state index contributed by atoms with van der Waals surface area (Å²) in [6.07, 6.45) is -2.17. The average Bonchev–Trinajstić information content (AvgIpc) is 3.46. The molecule has 0 unspecified atom stereocenters. The van der Waals surface area contributed by atoms with Gasteiger partial charge in [0.2, 0.25) is 11.8 Å². The summed E-state index contributed by atoms with van der Waals surface area (Å²) in [6, 6.07) is 6.47. The first-order valence-electron chi connectivity index (χ1n) is 10.3. The van der Waals surface area contributed by atoms with Crippen LogP contribution in [0.25, 0.3) is 5.65 Å². The first-order valence-corrected chi connectivity index (χ1v) is 10.3. The lowest BCUT2D eigenvalue weighted by molar-refractivity contribution is -0.146. The van der Waals surface area contributed by atoms with Gasteiger partial charge < -0.3 is 19.5 Å². The number of carbonyl (C=O) groups is 2. The topological polar surface area (TPSA) is 109 Å². The van der Waals surface area contributed by atoms with Crippen molar-refractivity contribution in [1.29, 1.82) is 0 Å². The van der Waals surface area contributed by atoms with E-state index >= 15 is 0 Å². The van der Waals surface area contributed by atoms with Crippen LogP contribution in [0.5, 0.6) is 0 Å². The molecule has 1 N–H and O–H groups in total. The number of furan rings is 1. The van der Waals surface area contributed by atoms with Crippen molar-refractivity contribution in [3.8, 4) is 0 Å². The van der Waals surface area contributed by atoms with Crippen molar-refractivity contribution in [2.75, 3.05) is 31.6 Å². The minimum Gasteiger partial charge on any atom is -0.467 e. The summed E-state index contributed by atoms with van der Waals surface area (Å²) in [7, 11) is 1.57. The second-order valence-electron chi connectivity index (χ2n) is 7.79. The summed E-state index contributed by atoms with van der Waals surface area (Å²) in [5.41, 5.74) is 0.00286. The van der Waals surface area contributed by atoms with E-state index in [4.69, 9.17) is 4.42 Å². The zero-order chi connectivity index (χ0) is 23.6. The second kappa shape index (κ2) is 9.08.